The predicted molar refractivity (Wildman–Crippen MR) is 73.6 cm³/mol. The molecule has 3 unspecified atom stereocenters. The number of rotatable bonds is 3. The van der Waals surface area contributed by atoms with E-state index in [1.807, 2.05) is 0 Å². The summed E-state index contributed by atoms with van der Waals surface area (Å²) < 4.78 is 4.93. The fraction of sp³-hybridized carbons (Fsp3) is 0.857. The highest BCUT2D eigenvalue weighted by atomic mass is 16.5. The first-order chi connectivity index (χ1) is 9.26. The molecule has 0 heterocycles. The van der Waals surface area contributed by atoms with Crippen molar-refractivity contribution in [2.75, 3.05) is 6.61 Å². The second-order valence-corrected chi connectivity index (χ2v) is 6.88. The van der Waals surface area contributed by atoms with Crippen molar-refractivity contribution in [2.45, 2.75) is 58.5 Å². The van der Waals surface area contributed by atoms with Crippen LogP contribution in [0.3, 0.4) is 0 Å². The number of amides is 2. The predicted octanol–water partition coefficient (Wildman–Crippen LogP) is 2.34. The van der Waals surface area contributed by atoms with Crippen LogP contribution in [0.2, 0.25) is 0 Å². The molecule has 20 heavy (non-hydrogen) atoms. The van der Waals surface area contributed by atoms with Gasteiger partial charge in [-0.15, -0.1) is 0 Å². The molecule has 0 saturated heterocycles. The van der Waals surface area contributed by atoms with Crippen molar-refractivity contribution in [1.29, 1.82) is 0 Å². The van der Waals surface area contributed by atoms with Crippen molar-refractivity contribution in [3.05, 3.63) is 0 Å². The summed E-state index contributed by atoms with van der Waals surface area (Å²) in [5.74, 6) is 0. The molecule has 0 bridgehead atoms. The lowest BCUT2D eigenvalue weighted by Crippen LogP contribution is -2.46. The van der Waals surface area contributed by atoms with E-state index < -0.39 is 6.09 Å². The number of carboxylic acid groups (broad SMARTS) is 1. The van der Waals surface area contributed by atoms with Crippen LogP contribution >= 0.6 is 0 Å². The van der Waals surface area contributed by atoms with E-state index >= 15 is 0 Å². The van der Waals surface area contributed by atoms with E-state index in [2.05, 4.69) is 24.5 Å². The maximum atomic E-state index is 11.6. The minimum Gasteiger partial charge on any atom is -0.465 e. The molecule has 0 aromatic heterocycles. The molecule has 6 nitrogen and oxygen atoms in total. The first-order valence-electron chi connectivity index (χ1n) is 7.19. The topological polar surface area (TPSA) is 87.7 Å². The Labute approximate surface area is 119 Å². The fourth-order valence-corrected chi connectivity index (χ4v) is 3.89. The highest BCUT2D eigenvalue weighted by Gasteiger charge is 2.60. The molecule has 3 atom stereocenters. The molecule has 0 radical (unpaired) electrons. The first kappa shape index (κ1) is 14.9. The van der Waals surface area contributed by atoms with E-state index in [1.165, 1.54) is 0 Å². The third-order valence-electron chi connectivity index (χ3n) is 4.37. The summed E-state index contributed by atoms with van der Waals surface area (Å²) in [5.41, 5.74) is 0.0989. The number of hydrogen-bond donors (Lipinski definition) is 3. The van der Waals surface area contributed by atoms with Crippen LogP contribution in [0.5, 0.6) is 0 Å². The van der Waals surface area contributed by atoms with E-state index in [4.69, 9.17) is 9.84 Å². The van der Waals surface area contributed by atoms with Crippen LogP contribution in [0.15, 0.2) is 0 Å². The number of carbonyl (C=O) groups is 2. The Kier molecular flexibility index (Phi) is 3.84. The molecule has 6 heteroatoms. The van der Waals surface area contributed by atoms with Gasteiger partial charge in [0, 0.05) is 12.1 Å². The van der Waals surface area contributed by atoms with Crippen LogP contribution in [-0.2, 0) is 4.74 Å². The van der Waals surface area contributed by atoms with Crippen LogP contribution in [-0.4, -0.2) is 36.0 Å². The third-order valence-corrected chi connectivity index (χ3v) is 4.37. The third kappa shape index (κ3) is 3.35. The summed E-state index contributed by atoms with van der Waals surface area (Å²) >= 11 is 0. The second-order valence-electron chi connectivity index (χ2n) is 6.88. The van der Waals surface area contributed by atoms with E-state index in [9.17, 15) is 9.59 Å². The lowest BCUT2D eigenvalue weighted by Gasteiger charge is -2.41. The van der Waals surface area contributed by atoms with Gasteiger partial charge in [0.05, 0.1) is 6.61 Å². The minimum atomic E-state index is -0.967. The molecule has 2 amide bonds. The second kappa shape index (κ2) is 5.14. The smallest absolute Gasteiger partial charge is 0.407 e. The van der Waals surface area contributed by atoms with E-state index in [0.29, 0.717) is 6.61 Å². The molecule has 0 aliphatic heterocycles. The molecule has 2 aliphatic rings. The van der Waals surface area contributed by atoms with Gasteiger partial charge in [0.15, 0.2) is 0 Å². The van der Waals surface area contributed by atoms with Crippen LogP contribution in [0.4, 0.5) is 9.59 Å². The Bertz CT molecular complexity index is 410. The maximum Gasteiger partial charge on any atom is 0.407 e. The minimum absolute atomic E-state index is 0.00427. The van der Waals surface area contributed by atoms with E-state index in [-0.39, 0.29) is 29.0 Å². The average molecular weight is 284 g/mol. The standard InChI is InChI=1S/C14H24N2O4/c1-4-20-12(19)15-9-5-13(2,3)8-14(6-9)7-10(14)16-11(17)18/h9-10,16H,4-8H2,1-3H3,(H,15,19)(H,17,18). The molecule has 0 aromatic rings. The molecule has 3 N–H and O–H groups in total. The monoisotopic (exact) mass is 284 g/mol. The Hall–Kier alpha value is -1.46. The summed E-state index contributed by atoms with van der Waals surface area (Å²) in [6.07, 6.45) is 2.22. The highest BCUT2D eigenvalue weighted by molar-refractivity contribution is 5.67. The van der Waals surface area contributed by atoms with Gasteiger partial charge in [0.2, 0.25) is 0 Å². The fourth-order valence-electron chi connectivity index (χ4n) is 3.89. The van der Waals surface area contributed by atoms with Gasteiger partial charge in [-0.05, 0) is 43.4 Å². The molecule has 2 saturated carbocycles. The van der Waals surface area contributed by atoms with Crippen LogP contribution in [0.25, 0.3) is 0 Å². The van der Waals surface area contributed by atoms with Crippen LogP contribution in [0.1, 0.15) is 46.5 Å². The van der Waals surface area contributed by atoms with Crippen molar-refractivity contribution in [3.63, 3.8) is 0 Å². The molecular weight excluding hydrogens is 260 g/mol. The summed E-state index contributed by atoms with van der Waals surface area (Å²) in [7, 11) is 0. The average Bonchev–Trinajstić information content (AvgIpc) is 2.85. The van der Waals surface area contributed by atoms with Gasteiger partial charge in [0.1, 0.15) is 0 Å². The van der Waals surface area contributed by atoms with Gasteiger partial charge in [-0.1, -0.05) is 13.8 Å². The number of ether oxygens (including phenoxy) is 1. The first-order valence-corrected chi connectivity index (χ1v) is 7.19. The van der Waals surface area contributed by atoms with Crippen LogP contribution in [0, 0.1) is 10.8 Å². The van der Waals surface area contributed by atoms with Crippen molar-refractivity contribution < 1.29 is 19.4 Å². The lowest BCUT2D eigenvalue weighted by atomic mass is 9.68. The molecular formula is C14H24N2O4. The lowest BCUT2D eigenvalue weighted by molar-refractivity contribution is 0.104. The van der Waals surface area contributed by atoms with Gasteiger partial charge >= 0.3 is 12.2 Å². The molecule has 2 rings (SSSR count). The van der Waals surface area contributed by atoms with Gasteiger partial charge in [-0.25, -0.2) is 9.59 Å². The van der Waals surface area contributed by atoms with Crippen LogP contribution < -0.4 is 10.6 Å². The summed E-state index contributed by atoms with van der Waals surface area (Å²) in [4.78, 5) is 22.4. The Morgan fingerprint density at radius 3 is 2.55 bits per heavy atom. The summed E-state index contributed by atoms with van der Waals surface area (Å²) in [6, 6.07) is 0.0736. The van der Waals surface area contributed by atoms with Gasteiger partial charge < -0.3 is 20.5 Å². The Balaban J connectivity index is 1.99. The highest BCUT2D eigenvalue weighted by Crippen LogP contribution is 2.60. The quantitative estimate of drug-likeness (QED) is 0.742. The SMILES string of the molecule is CCOC(=O)NC1CC(C)(C)CC2(C1)CC2NC(=O)O. The molecule has 2 fully saturated rings. The van der Waals surface area contributed by atoms with E-state index in [1.54, 1.807) is 6.92 Å². The molecule has 1 spiro atoms. The summed E-state index contributed by atoms with van der Waals surface area (Å²) in [6.45, 7) is 6.48. The maximum absolute atomic E-state index is 11.6. The Morgan fingerprint density at radius 2 is 1.95 bits per heavy atom. The van der Waals surface area contributed by atoms with Gasteiger partial charge in [-0.2, -0.15) is 0 Å². The molecule has 2 aliphatic carbocycles. The van der Waals surface area contributed by atoms with Crippen molar-refractivity contribution >= 4 is 12.2 Å². The largest absolute Gasteiger partial charge is 0.465 e. The molecule has 0 aromatic carbocycles. The number of carbonyl (C=O) groups excluding carboxylic acids is 1. The number of nitrogens with one attached hydrogen (secondary N) is 2. The van der Waals surface area contributed by atoms with E-state index in [0.717, 1.165) is 25.7 Å². The zero-order chi connectivity index (χ0) is 15.0. The van der Waals surface area contributed by atoms with Crippen molar-refractivity contribution in [3.8, 4) is 0 Å². The Morgan fingerprint density at radius 1 is 1.25 bits per heavy atom. The zero-order valence-electron chi connectivity index (χ0n) is 12.4. The summed E-state index contributed by atoms with van der Waals surface area (Å²) in [5, 5.41) is 14.3. The molecule has 114 valence electrons. The number of hydrogen-bond acceptors (Lipinski definition) is 3. The zero-order valence-corrected chi connectivity index (χ0v) is 12.4. The van der Waals surface area contributed by atoms with Crippen molar-refractivity contribution in [1.82, 2.24) is 10.6 Å². The van der Waals surface area contributed by atoms with Gasteiger partial charge in [-0.3, -0.25) is 0 Å². The van der Waals surface area contributed by atoms with Crippen molar-refractivity contribution in [2.24, 2.45) is 10.8 Å². The van der Waals surface area contributed by atoms with Gasteiger partial charge in [0.25, 0.3) is 0 Å². The number of alkyl carbamates (subject to hydrolysis) is 1. The normalized spacial score (nSPS) is 34.4.